The highest BCUT2D eigenvalue weighted by molar-refractivity contribution is 7.22. The summed E-state index contributed by atoms with van der Waals surface area (Å²) in [5.41, 5.74) is 3.14. The summed E-state index contributed by atoms with van der Waals surface area (Å²) in [7, 11) is 1.62. The van der Waals surface area contributed by atoms with Gasteiger partial charge in [-0.1, -0.05) is 11.3 Å². The molecule has 2 amide bonds. The number of carbonyl (C=O) groups excluding carboxylic acids is 2. The lowest BCUT2D eigenvalue weighted by molar-refractivity contribution is -0.116. The molecule has 1 aliphatic heterocycles. The van der Waals surface area contributed by atoms with E-state index in [1.807, 2.05) is 24.3 Å². The van der Waals surface area contributed by atoms with Gasteiger partial charge in [0.15, 0.2) is 5.13 Å². The summed E-state index contributed by atoms with van der Waals surface area (Å²) in [6, 6.07) is 11.0. The minimum Gasteiger partial charge on any atom is -0.497 e. The number of hydrogen-bond acceptors (Lipinski definition) is 5. The van der Waals surface area contributed by atoms with E-state index in [1.54, 1.807) is 19.2 Å². The largest absolute Gasteiger partial charge is 0.497 e. The topological polar surface area (TPSA) is 80.3 Å². The summed E-state index contributed by atoms with van der Waals surface area (Å²) in [6.07, 6.45) is 2.06. The second-order valence-corrected chi connectivity index (χ2v) is 7.11. The van der Waals surface area contributed by atoms with Gasteiger partial charge in [0, 0.05) is 17.7 Å². The van der Waals surface area contributed by atoms with Gasteiger partial charge in [-0.05, 0) is 54.8 Å². The fourth-order valence-corrected chi connectivity index (χ4v) is 3.86. The Balaban J connectivity index is 1.56. The van der Waals surface area contributed by atoms with E-state index in [2.05, 4.69) is 15.6 Å². The molecular weight excluding hydrogens is 350 g/mol. The second-order valence-electron chi connectivity index (χ2n) is 6.08. The van der Waals surface area contributed by atoms with E-state index in [4.69, 9.17) is 4.74 Å². The number of thiazole rings is 1. The van der Waals surface area contributed by atoms with Crippen LogP contribution in [-0.4, -0.2) is 23.9 Å². The van der Waals surface area contributed by atoms with Crippen molar-refractivity contribution < 1.29 is 14.3 Å². The summed E-state index contributed by atoms with van der Waals surface area (Å²) in [5, 5.41) is 6.27. The molecule has 0 unspecified atom stereocenters. The number of benzene rings is 2. The lowest BCUT2D eigenvalue weighted by Crippen LogP contribution is -2.13. The van der Waals surface area contributed by atoms with Gasteiger partial charge in [0.25, 0.3) is 5.91 Å². The maximum atomic E-state index is 12.6. The minimum absolute atomic E-state index is 0.0193. The van der Waals surface area contributed by atoms with Crippen molar-refractivity contribution in [2.24, 2.45) is 0 Å². The average molecular weight is 367 g/mol. The summed E-state index contributed by atoms with van der Waals surface area (Å²) < 4.78 is 6.16. The smallest absolute Gasteiger partial charge is 0.257 e. The number of carbonyl (C=O) groups is 2. The van der Waals surface area contributed by atoms with Crippen molar-refractivity contribution in [1.29, 1.82) is 0 Å². The SMILES string of the molecule is COc1ccc2nc(NC(=O)c3ccc4c(c3)CCCC(=O)N4)sc2c1. The van der Waals surface area contributed by atoms with Gasteiger partial charge in [-0.15, -0.1) is 0 Å². The van der Waals surface area contributed by atoms with Gasteiger partial charge in [-0.3, -0.25) is 14.9 Å². The summed E-state index contributed by atoms with van der Waals surface area (Å²) in [4.78, 5) is 28.7. The third-order valence-electron chi connectivity index (χ3n) is 4.31. The Kier molecular flexibility index (Phi) is 4.30. The molecule has 4 rings (SSSR count). The monoisotopic (exact) mass is 367 g/mol. The number of rotatable bonds is 3. The Morgan fingerprint density at radius 2 is 2.12 bits per heavy atom. The zero-order chi connectivity index (χ0) is 18.1. The molecule has 2 N–H and O–H groups in total. The van der Waals surface area contributed by atoms with Crippen LogP contribution < -0.4 is 15.4 Å². The van der Waals surface area contributed by atoms with Gasteiger partial charge in [-0.2, -0.15) is 0 Å². The van der Waals surface area contributed by atoms with E-state index in [0.29, 0.717) is 17.1 Å². The van der Waals surface area contributed by atoms with Gasteiger partial charge < -0.3 is 10.1 Å². The Labute approximate surface area is 154 Å². The van der Waals surface area contributed by atoms with E-state index in [1.165, 1.54) is 11.3 Å². The Hall–Kier alpha value is -2.93. The highest BCUT2D eigenvalue weighted by Gasteiger charge is 2.16. The van der Waals surface area contributed by atoms with Crippen LogP contribution in [0, 0.1) is 0 Å². The molecule has 3 aromatic rings. The molecule has 0 radical (unpaired) electrons. The number of aromatic nitrogens is 1. The standard InChI is InChI=1S/C19H17N3O3S/c1-25-13-6-8-15-16(10-13)26-19(21-15)22-18(24)12-5-7-14-11(9-12)3-2-4-17(23)20-14/h5-10H,2-4H2,1H3,(H,20,23)(H,21,22,24). The number of amides is 2. The molecule has 26 heavy (non-hydrogen) atoms. The molecule has 1 aliphatic rings. The zero-order valence-electron chi connectivity index (χ0n) is 14.2. The van der Waals surface area contributed by atoms with Crippen molar-refractivity contribution in [2.75, 3.05) is 17.7 Å². The molecule has 132 valence electrons. The van der Waals surface area contributed by atoms with Crippen molar-refractivity contribution in [3.8, 4) is 5.75 Å². The molecule has 0 bridgehead atoms. The van der Waals surface area contributed by atoms with Crippen LogP contribution in [-0.2, 0) is 11.2 Å². The van der Waals surface area contributed by atoms with Crippen LogP contribution in [0.5, 0.6) is 5.75 Å². The number of hydrogen-bond donors (Lipinski definition) is 2. The second kappa shape index (κ2) is 6.76. The van der Waals surface area contributed by atoms with Crippen molar-refractivity contribution in [3.05, 3.63) is 47.5 Å². The van der Waals surface area contributed by atoms with Crippen LogP contribution >= 0.6 is 11.3 Å². The van der Waals surface area contributed by atoms with Crippen LogP contribution in [0.3, 0.4) is 0 Å². The first-order valence-corrected chi connectivity index (χ1v) is 9.13. The van der Waals surface area contributed by atoms with Crippen molar-refractivity contribution in [1.82, 2.24) is 4.98 Å². The molecule has 2 aromatic carbocycles. The van der Waals surface area contributed by atoms with Gasteiger partial charge >= 0.3 is 0 Å². The lowest BCUT2D eigenvalue weighted by atomic mass is 10.0. The Bertz CT molecular complexity index is 1010. The van der Waals surface area contributed by atoms with Gasteiger partial charge in [-0.25, -0.2) is 4.98 Å². The number of nitrogens with one attached hydrogen (secondary N) is 2. The van der Waals surface area contributed by atoms with Crippen molar-refractivity contribution >= 4 is 44.2 Å². The van der Waals surface area contributed by atoms with Gasteiger partial charge in [0.1, 0.15) is 5.75 Å². The summed E-state index contributed by atoms with van der Waals surface area (Å²) in [5.74, 6) is 0.562. The predicted molar refractivity (Wildman–Crippen MR) is 102 cm³/mol. The zero-order valence-corrected chi connectivity index (χ0v) is 15.0. The maximum absolute atomic E-state index is 12.6. The maximum Gasteiger partial charge on any atom is 0.257 e. The first-order valence-electron chi connectivity index (χ1n) is 8.31. The quantitative estimate of drug-likeness (QED) is 0.737. The number of aryl methyl sites for hydroxylation is 1. The van der Waals surface area contributed by atoms with Crippen LogP contribution in [0.15, 0.2) is 36.4 Å². The molecular formula is C19H17N3O3S. The molecule has 1 aromatic heterocycles. The minimum atomic E-state index is -0.214. The molecule has 0 aliphatic carbocycles. The molecule has 2 heterocycles. The van der Waals surface area contributed by atoms with E-state index < -0.39 is 0 Å². The number of nitrogens with zero attached hydrogens (tertiary/aromatic N) is 1. The molecule has 0 fully saturated rings. The summed E-state index contributed by atoms with van der Waals surface area (Å²) >= 11 is 1.40. The molecule has 0 spiro atoms. The summed E-state index contributed by atoms with van der Waals surface area (Å²) in [6.45, 7) is 0. The third kappa shape index (κ3) is 3.25. The van der Waals surface area contributed by atoms with E-state index in [0.717, 1.165) is 40.1 Å². The first-order chi connectivity index (χ1) is 12.6. The average Bonchev–Trinajstić information content (AvgIpc) is 2.93. The van der Waals surface area contributed by atoms with E-state index in [9.17, 15) is 9.59 Å². The van der Waals surface area contributed by atoms with Crippen LogP contribution in [0.2, 0.25) is 0 Å². The van der Waals surface area contributed by atoms with Crippen molar-refractivity contribution in [3.63, 3.8) is 0 Å². The van der Waals surface area contributed by atoms with Crippen LogP contribution in [0.25, 0.3) is 10.2 Å². The highest BCUT2D eigenvalue weighted by atomic mass is 32.1. The number of fused-ring (bicyclic) bond motifs is 2. The number of methoxy groups -OCH3 is 1. The van der Waals surface area contributed by atoms with Crippen LogP contribution in [0.4, 0.5) is 10.8 Å². The normalized spacial score (nSPS) is 13.7. The Morgan fingerprint density at radius 1 is 1.23 bits per heavy atom. The highest BCUT2D eigenvalue weighted by Crippen LogP contribution is 2.30. The predicted octanol–water partition coefficient (Wildman–Crippen LogP) is 3.83. The lowest BCUT2D eigenvalue weighted by Gasteiger charge is -2.09. The van der Waals surface area contributed by atoms with Crippen molar-refractivity contribution in [2.45, 2.75) is 19.3 Å². The number of ether oxygens (including phenoxy) is 1. The molecule has 6 nitrogen and oxygen atoms in total. The van der Waals surface area contributed by atoms with Crippen LogP contribution in [0.1, 0.15) is 28.8 Å². The molecule has 0 saturated carbocycles. The fourth-order valence-electron chi connectivity index (χ4n) is 2.97. The van der Waals surface area contributed by atoms with Gasteiger partial charge in [0.05, 0.1) is 17.3 Å². The van der Waals surface area contributed by atoms with E-state index in [-0.39, 0.29) is 11.8 Å². The molecule has 0 atom stereocenters. The molecule has 7 heteroatoms. The van der Waals surface area contributed by atoms with E-state index >= 15 is 0 Å². The first kappa shape index (κ1) is 16.5. The van der Waals surface area contributed by atoms with Gasteiger partial charge in [0.2, 0.25) is 5.91 Å². The third-order valence-corrected chi connectivity index (χ3v) is 5.24. The fraction of sp³-hybridized carbons (Fsp3) is 0.211. The number of anilines is 2. The molecule has 0 saturated heterocycles. The Morgan fingerprint density at radius 3 is 2.96 bits per heavy atom.